The van der Waals surface area contributed by atoms with Gasteiger partial charge >= 0.3 is 0 Å². The number of nitriles is 1. The van der Waals surface area contributed by atoms with Crippen LogP contribution in [0.5, 0.6) is 5.75 Å². The molecular formula is C17H16ClNO. The van der Waals surface area contributed by atoms with Crippen molar-refractivity contribution in [2.24, 2.45) is 0 Å². The Morgan fingerprint density at radius 2 is 1.85 bits per heavy atom. The molecule has 0 N–H and O–H groups in total. The topological polar surface area (TPSA) is 33.0 Å². The summed E-state index contributed by atoms with van der Waals surface area (Å²) in [4.78, 5) is 0. The second kappa shape index (κ2) is 6.98. The Bertz CT molecular complexity index is 601. The highest BCUT2D eigenvalue weighted by Gasteiger charge is 2.13. The fourth-order valence-electron chi connectivity index (χ4n) is 1.98. The van der Waals surface area contributed by atoms with E-state index in [4.69, 9.17) is 16.3 Å². The molecule has 0 aromatic heterocycles. The van der Waals surface area contributed by atoms with Gasteiger partial charge in [0, 0.05) is 11.4 Å². The van der Waals surface area contributed by atoms with Crippen LogP contribution in [0.25, 0.3) is 0 Å². The molecule has 0 aliphatic carbocycles. The summed E-state index contributed by atoms with van der Waals surface area (Å²) in [7, 11) is 0. The first-order chi connectivity index (χ1) is 9.70. The quantitative estimate of drug-likeness (QED) is 0.796. The fourth-order valence-corrected chi connectivity index (χ4v) is 2.24. The minimum Gasteiger partial charge on any atom is -0.494 e. The van der Waals surface area contributed by atoms with Crippen LogP contribution in [0.2, 0.25) is 5.02 Å². The average Bonchev–Trinajstić information content (AvgIpc) is 2.47. The molecule has 3 heteroatoms. The Morgan fingerprint density at radius 3 is 2.50 bits per heavy atom. The van der Waals surface area contributed by atoms with E-state index in [1.807, 2.05) is 55.5 Å². The zero-order chi connectivity index (χ0) is 14.4. The van der Waals surface area contributed by atoms with Crippen molar-refractivity contribution in [1.29, 1.82) is 5.26 Å². The molecule has 2 nitrogen and oxygen atoms in total. The molecule has 1 unspecified atom stereocenters. The molecule has 2 aromatic carbocycles. The van der Waals surface area contributed by atoms with Crippen LogP contribution in [0, 0.1) is 18.3 Å². The fraction of sp³-hybridized carbons (Fsp3) is 0.235. The summed E-state index contributed by atoms with van der Waals surface area (Å²) < 4.78 is 5.66. The maximum Gasteiger partial charge on any atom is 0.119 e. The summed E-state index contributed by atoms with van der Waals surface area (Å²) in [5.41, 5.74) is 2.06. The molecule has 0 spiro atoms. The predicted molar refractivity (Wildman–Crippen MR) is 81.1 cm³/mol. The summed E-state index contributed by atoms with van der Waals surface area (Å²) in [5.74, 6) is 0.584. The van der Waals surface area contributed by atoms with Gasteiger partial charge in [0.15, 0.2) is 0 Å². The molecule has 0 radical (unpaired) electrons. The van der Waals surface area contributed by atoms with Gasteiger partial charge in [0.05, 0.1) is 18.6 Å². The summed E-state index contributed by atoms with van der Waals surface area (Å²) in [6.45, 7) is 2.53. The molecule has 0 bridgehead atoms. The number of nitrogens with zero attached hydrogens (tertiary/aromatic N) is 1. The van der Waals surface area contributed by atoms with Gasteiger partial charge in [0.2, 0.25) is 0 Å². The van der Waals surface area contributed by atoms with Gasteiger partial charge in [-0.05, 0) is 30.7 Å². The van der Waals surface area contributed by atoms with Crippen molar-refractivity contribution in [2.45, 2.75) is 19.3 Å². The van der Waals surface area contributed by atoms with Gasteiger partial charge in [0.25, 0.3) is 0 Å². The van der Waals surface area contributed by atoms with Crippen LogP contribution in [0.3, 0.4) is 0 Å². The first-order valence-electron chi connectivity index (χ1n) is 6.54. The zero-order valence-electron chi connectivity index (χ0n) is 11.3. The van der Waals surface area contributed by atoms with E-state index < -0.39 is 0 Å². The lowest BCUT2D eigenvalue weighted by Crippen LogP contribution is -2.05. The second-order valence-corrected chi connectivity index (χ2v) is 5.06. The summed E-state index contributed by atoms with van der Waals surface area (Å²) in [5, 5.41) is 9.91. The molecule has 0 saturated carbocycles. The molecule has 2 aromatic rings. The molecule has 0 heterocycles. The first kappa shape index (κ1) is 14.4. The van der Waals surface area contributed by atoms with Crippen LogP contribution in [-0.2, 0) is 0 Å². The standard InChI is InChI=1S/C17H16ClNO/c1-13-6-8-15(9-7-13)20-11-10-14(12-19)16-4-2-3-5-17(16)18/h2-9,14H,10-11H2,1H3. The van der Waals surface area contributed by atoms with Gasteiger partial charge < -0.3 is 4.74 Å². The van der Waals surface area contributed by atoms with Crippen LogP contribution in [0.4, 0.5) is 0 Å². The van der Waals surface area contributed by atoms with Crippen molar-refractivity contribution in [3.63, 3.8) is 0 Å². The van der Waals surface area contributed by atoms with Gasteiger partial charge in [0.1, 0.15) is 5.75 Å². The number of hydrogen-bond donors (Lipinski definition) is 0. The third-order valence-electron chi connectivity index (χ3n) is 3.13. The Hall–Kier alpha value is -1.98. The molecule has 1 atom stereocenters. The Balaban J connectivity index is 1.94. The van der Waals surface area contributed by atoms with Crippen LogP contribution in [-0.4, -0.2) is 6.61 Å². The molecule has 0 fully saturated rings. The van der Waals surface area contributed by atoms with Gasteiger partial charge in [-0.25, -0.2) is 0 Å². The molecule has 0 saturated heterocycles. The third kappa shape index (κ3) is 3.76. The second-order valence-electron chi connectivity index (χ2n) is 4.65. The predicted octanol–water partition coefficient (Wildman–Crippen LogP) is 4.72. The van der Waals surface area contributed by atoms with Gasteiger partial charge in [-0.2, -0.15) is 5.26 Å². The summed E-state index contributed by atoms with van der Waals surface area (Å²) >= 11 is 6.12. The molecule has 2 rings (SSSR count). The molecule has 20 heavy (non-hydrogen) atoms. The van der Waals surface area contributed by atoms with E-state index in [0.29, 0.717) is 18.1 Å². The van der Waals surface area contributed by atoms with Gasteiger partial charge in [-0.15, -0.1) is 0 Å². The number of halogens is 1. The van der Waals surface area contributed by atoms with E-state index in [2.05, 4.69) is 6.07 Å². The Labute approximate surface area is 124 Å². The molecular weight excluding hydrogens is 270 g/mol. The Morgan fingerprint density at radius 1 is 1.15 bits per heavy atom. The zero-order valence-corrected chi connectivity index (χ0v) is 12.1. The number of ether oxygens (including phenoxy) is 1. The molecule has 0 aliphatic heterocycles. The van der Waals surface area contributed by atoms with E-state index in [1.54, 1.807) is 0 Å². The van der Waals surface area contributed by atoms with Crippen LogP contribution in [0.1, 0.15) is 23.5 Å². The van der Waals surface area contributed by atoms with E-state index in [1.165, 1.54) is 5.56 Å². The molecule has 0 aliphatic rings. The number of rotatable bonds is 5. The van der Waals surface area contributed by atoms with Crippen molar-refractivity contribution in [3.8, 4) is 11.8 Å². The third-order valence-corrected chi connectivity index (χ3v) is 3.48. The minimum absolute atomic E-state index is 0.242. The van der Waals surface area contributed by atoms with Crippen molar-refractivity contribution < 1.29 is 4.74 Å². The Kier molecular flexibility index (Phi) is 5.03. The maximum absolute atomic E-state index is 9.27. The van der Waals surface area contributed by atoms with E-state index >= 15 is 0 Å². The normalized spacial score (nSPS) is 11.7. The average molecular weight is 286 g/mol. The number of hydrogen-bond acceptors (Lipinski definition) is 2. The number of aryl methyl sites for hydroxylation is 1. The van der Waals surface area contributed by atoms with Crippen molar-refractivity contribution in [2.75, 3.05) is 6.61 Å². The lowest BCUT2D eigenvalue weighted by atomic mass is 9.98. The van der Waals surface area contributed by atoms with Crippen LogP contribution >= 0.6 is 11.6 Å². The van der Waals surface area contributed by atoms with E-state index in [0.717, 1.165) is 11.3 Å². The molecule has 0 amide bonds. The smallest absolute Gasteiger partial charge is 0.119 e. The van der Waals surface area contributed by atoms with Crippen molar-refractivity contribution in [1.82, 2.24) is 0 Å². The van der Waals surface area contributed by atoms with Crippen molar-refractivity contribution in [3.05, 3.63) is 64.7 Å². The highest BCUT2D eigenvalue weighted by atomic mass is 35.5. The van der Waals surface area contributed by atoms with Gasteiger partial charge in [-0.1, -0.05) is 47.5 Å². The largest absolute Gasteiger partial charge is 0.494 e. The van der Waals surface area contributed by atoms with Gasteiger partial charge in [-0.3, -0.25) is 0 Å². The SMILES string of the molecule is Cc1ccc(OCCC(C#N)c2ccccc2Cl)cc1. The lowest BCUT2D eigenvalue weighted by molar-refractivity contribution is 0.306. The minimum atomic E-state index is -0.242. The van der Waals surface area contributed by atoms with Crippen LogP contribution in [0.15, 0.2) is 48.5 Å². The summed E-state index contributed by atoms with van der Waals surface area (Å²) in [6, 6.07) is 17.6. The van der Waals surface area contributed by atoms with E-state index in [9.17, 15) is 5.26 Å². The van der Waals surface area contributed by atoms with E-state index in [-0.39, 0.29) is 5.92 Å². The highest BCUT2D eigenvalue weighted by molar-refractivity contribution is 6.31. The monoisotopic (exact) mass is 285 g/mol. The van der Waals surface area contributed by atoms with Crippen molar-refractivity contribution >= 4 is 11.6 Å². The first-order valence-corrected chi connectivity index (χ1v) is 6.92. The lowest BCUT2D eigenvalue weighted by Gasteiger charge is -2.12. The highest BCUT2D eigenvalue weighted by Crippen LogP contribution is 2.26. The summed E-state index contributed by atoms with van der Waals surface area (Å²) in [6.07, 6.45) is 0.619. The molecule has 102 valence electrons. The van der Waals surface area contributed by atoms with Crippen LogP contribution < -0.4 is 4.74 Å². The number of benzene rings is 2. The maximum atomic E-state index is 9.27.